The molecule has 1 fully saturated rings. The first-order valence-electron chi connectivity index (χ1n) is 8.88. The van der Waals surface area contributed by atoms with E-state index in [1.54, 1.807) is 11.8 Å². The van der Waals surface area contributed by atoms with E-state index in [0.717, 1.165) is 23.7 Å². The fourth-order valence-electron chi connectivity index (χ4n) is 2.92. The lowest BCUT2D eigenvalue weighted by Crippen LogP contribution is -2.53. The summed E-state index contributed by atoms with van der Waals surface area (Å²) in [4.78, 5) is 15.7. The number of carbonyl (C=O) groups excluding carboxylic acids is 1. The minimum atomic E-state index is 0.0277. The Morgan fingerprint density at radius 1 is 1.21 bits per heavy atom. The van der Waals surface area contributed by atoms with E-state index in [2.05, 4.69) is 24.1 Å². The Kier molecular flexibility index (Phi) is 7.43. The Morgan fingerprint density at radius 3 is 2.50 bits per heavy atom. The summed E-state index contributed by atoms with van der Waals surface area (Å²) in [5, 5.41) is 3.10. The number of carbonyl (C=O) groups is 1. The highest BCUT2D eigenvalue weighted by Gasteiger charge is 2.28. The maximum Gasteiger partial charge on any atom is 0.230 e. The van der Waals surface area contributed by atoms with Gasteiger partial charge in [0, 0.05) is 17.0 Å². The van der Waals surface area contributed by atoms with Crippen molar-refractivity contribution < 1.29 is 9.53 Å². The number of hydrogen-bond donors (Lipinski definition) is 1. The van der Waals surface area contributed by atoms with Crippen molar-refractivity contribution >= 4 is 17.7 Å². The van der Waals surface area contributed by atoms with Crippen molar-refractivity contribution in [2.75, 3.05) is 32.0 Å². The van der Waals surface area contributed by atoms with Crippen molar-refractivity contribution in [3.8, 4) is 5.75 Å². The smallest absolute Gasteiger partial charge is 0.230 e. The van der Waals surface area contributed by atoms with Crippen LogP contribution in [0.3, 0.4) is 0 Å². The van der Waals surface area contributed by atoms with E-state index in [4.69, 9.17) is 4.74 Å². The molecule has 0 atom stereocenters. The quantitative estimate of drug-likeness (QED) is 0.728. The summed E-state index contributed by atoms with van der Waals surface area (Å²) in [6.07, 6.45) is 3.87. The molecule has 0 radical (unpaired) electrons. The van der Waals surface area contributed by atoms with E-state index in [0.29, 0.717) is 18.9 Å². The number of thioether (sulfide) groups is 1. The molecule has 0 bridgehead atoms. The van der Waals surface area contributed by atoms with Crippen LogP contribution in [0.25, 0.3) is 0 Å². The molecule has 1 saturated heterocycles. The summed E-state index contributed by atoms with van der Waals surface area (Å²) < 4.78 is 5.43. The van der Waals surface area contributed by atoms with Gasteiger partial charge in [0.25, 0.3) is 0 Å². The number of piperidine rings is 1. The van der Waals surface area contributed by atoms with Crippen molar-refractivity contribution in [3.05, 3.63) is 24.3 Å². The minimum absolute atomic E-state index is 0.0277. The second kappa shape index (κ2) is 9.33. The van der Waals surface area contributed by atoms with Gasteiger partial charge in [0.15, 0.2) is 0 Å². The fourth-order valence-corrected chi connectivity index (χ4v) is 3.65. The van der Waals surface area contributed by atoms with Gasteiger partial charge in [-0.15, -0.1) is 11.8 Å². The molecule has 1 aromatic carbocycles. The molecule has 0 aromatic heterocycles. The highest BCUT2D eigenvalue weighted by atomic mass is 32.2. The predicted octanol–water partition coefficient (Wildman–Crippen LogP) is 3.56. The monoisotopic (exact) mass is 350 g/mol. The van der Waals surface area contributed by atoms with E-state index in [-0.39, 0.29) is 11.4 Å². The average molecular weight is 351 g/mol. The first-order valence-corrected chi connectivity index (χ1v) is 9.87. The predicted molar refractivity (Wildman–Crippen MR) is 101 cm³/mol. The van der Waals surface area contributed by atoms with Crippen LogP contribution in [0.4, 0.5) is 0 Å². The van der Waals surface area contributed by atoms with Crippen LogP contribution in [-0.4, -0.2) is 48.3 Å². The highest BCUT2D eigenvalue weighted by molar-refractivity contribution is 8.00. The van der Waals surface area contributed by atoms with E-state index >= 15 is 0 Å². The Labute approximate surface area is 150 Å². The number of nitrogens with zero attached hydrogens (tertiary/aromatic N) is 1. The molecule has 4 nitrogen and oxygen atoms in total. The zero-order chi connectivity index (χ0) is 17.4. The van der Waals surface area contributed by atoms with E-state index < -0.39 is 0 Å². The van der Waals surface area contributed by atoms with Crippen LogP contribution in [0.5, 0.6) is 5.75 Å². The molecule has 24 heavy (non-hydrogen) atoms. The van der Waals surface area contributed by atoms with Gasteiger partial charge in [0.05, 0.1) is 12.4 Å². The summed E-state index contributed by atoms with van der Waals surface area (Å²) in [6.45, 7) is 10.1. The Bertz CT molecular complexity index is 511. The van der Waals surface area contributed by atoms with E-state index in [1.807, 2.05) is 31.2 Å². The third-order valence-electron chi connectivity index (χ3n) is 4.43. The molecule has 1 aliphatic rings. The van der Waals surface area contributed by atoms with Gasteiger partial charge in [-0.1, -0.05) is 6.42 Å². The number of rotatable bonds is 8. The van der Waals surface area contributed by atoms with Gasteiger partial charge in [-0.3, -0.25) is 9.69 Å². The third kappa shape index (κ3) is 6.02. The molecule has 2 rings (SSSR count). The van der Waals surface area contributed by atoms with Crippen LogP contribution < -0.4 is 10.1 Å². The molecule has 1 amide bonds. The third-order valence-corrected chi connectivity index (χ3v) is 5.45. The maximum absolute atomic E-state index is 12.1. The second-order valence-corrected chi connectivity index (χ2v) is 7.88. The van der Waals surface area contributed by atoms with Gasteiger partial charge >= 0.3 is 0 Å². The van der Waals surface area contributed by atoms with Crippen molar-refractivity contribution in [1.29, 1.82) is 0 Å². The molecular formula is C19H30N2O2S. The van der Waals surface area contributed by atoms with Crippen LogP contribution in [0.2, 0.25) is 0 Å². The number of nitrogens with one attached hydrogen (secondary N) is 1. The van der Waals surface area contributed by atoms with Gasteiger partial charge < -0.3 is 10.1 Å². The van der Waals surface area contributed by atoms with Crippen molar-refractivity contribution in [2.45, 2.75) is 50.5 Å². The van der Waals surface area contributed by atoms with Crippen LogP contribution in [-0.2, 0) is 4.79 Å². The first kappa shape index (κ1) is 19.1. The Morgan fingerprint density at radius 2 is 1.88 bits per heavy atom. The number of hydrogen-bond acceptors (Lipinski definition) is 4. The molecule has 0 aliphatic carbocycles. The fraction of sp³-hybridized carbons (Fsp3) is 0.632. The zero-order valence-corrected chi connectivity index (χ0v) is 16.0. The summed E-state index contributed by atoms with van der Waals surface area (Å²) in [6, 6.07) is 7.90. The Balaban J connectivity index is 1.72. The SMILES string of the molecule is CCOc1ccc(SCC(=O)NCC(C)(C)N2CCCCC2)cc1. The molecule has 0 spiro atoms. The number of amides is 1. The van der Waals surface area contributed by atoms with E-state index in [9.17, 15) is 4.79 Å². The number of benzene rings is 1. The number of ether oxygens (including phenoxy) is 1. The normalized spacial score (nSPS) is 16.0. The lowest BCUT2D eigenvalue weighted by molar-refractivity contribution is -0.119. The van der Waals surface area contributed by atoms with Crippen LogP contribution in [0.15, 0.2) is 29.2 Å². The summed E-state index contributed by atoms with van der Waals surface area (Å²) in [7, 11) is 0. The first-order chi connectivity index (χ1) is 11.5. The zero-order valence-electron chi connectivity index (χ0n) is 15.1. The minimum Gasteiger partial charge on any atom is -0.494 e. The molecule has 0 saturated carbocycles. The molecular weight excluding hydrogens is 320 g/mol. The molecule has 1 heterocycles. The topological polar surface area (TPSA) is 41.6 Å². The molecule has 1 aromatic rings. The lowest BCUT2D eigenvalue weighted by atomic mass is 9.98. The van der Waals surface area contributed by atoms with Crippen molar-refractivity contribution in [2.24, 2.45) is 0 Å². The second-order valence-electron chi connectivity index (χ2n) is 6.83. The van der Waals surface area contributed by atoms with Crippen LogP contribution >= 0.6 is 11.8 Å². The van der Waals surface area contributed by atoms with Gasteiger partial charge in [0.2, 0.25) is 5.91 Å². The maximum atomic E-state index is 12.1. The molecule has 5 heteroatoms. The van der Waals surface area contributed by atoms with Crippen molar-refractivity contribution in [1.82, 2.24) is 10.2 Å². The molecule has 134 valence electrons. The van der Waals surface area contributed by atoms with Gasteiger partial charge in [0.1, 0.15) is 5.75 Å². The summed E-state index contributed by atoms with van der Waals surface area (Å²) >= 11 is 1.56. The molecule has 1 N–H and O–H groups in total. The average Bonchev–Trinajstić information content (AvgIpc) is 2.60. The standard InChI is InChI=1S/C19H30N2O2S/c1-4-23-16-8-10-17(11-9-16)24-14-18(22)20-15-19(2,3)21-12-6-5-7-13-21/h8-11H,4-7,12-15H2,1-3H3,(H,20,22). The summed E-state index contributed by atoms with van der Waals surface area (Å²) in [5.74, 6) is 1.41. The van der Waals surface area contributed by atoms with Crippen LogP contribution in [0, 0.1) is 0 Å². The van der Waals surface area contributed by atoms with Crippen LogP contribution in [0.1, 0.15) is 40.0 Å². The Hall–Kier alpha value is -1.20. The van der Waals surface area contributed by atoms with Gasteiger partial charge in [-0.2, -0.15) is 0 Å². The lowest BCUT2D eigenvalue weighted by Gasteiger charge is -2.41. The molecule has 0 unspecified atom stereocenters. The van der Waals surface area contributed by atoms with Gasteiger partial charge in [-0.05, 0) is 71.0 Å². The van der Waals surface area contributed by atoms with Gasteiger partial charge in [-0.25, -0.2) is 0 Å². The molecule has 1 aliphatic heterocycles. The van der Waals surface area contributed by atoms with E-state index in [1.165, 1.54) is 19.3 Å². The largest absolute Gasteiger partial charge is 0.494 e. The highest BCUT2D eigenvalue weighted by Crippen LogP contribution is 2.22. The summed E-state index contributed by atoms with van der Waals surface area (Å²) in [5.41, 5.74) is 0.0277. The van der Waals surface area contributed by atoms with Crippen molar-refractivity contribution in [3.63, 3.8) is 0 Å². The number of likely N-dealkylation sites (tertiary alicyclic amines) is 1.